The lowest BCUT2D eigenvalue weighted by molar-refractivity contribution is -0.112. The predicted octanol–water partition coefficient (Wildman–Crippen LogP) is 4.00. The normalized spacial score (nSPS) is 22.2. The Morgan fingerprint density at radius 2 is 1.83 bits per heavy atom. The number of halogens is 2. The third kappa shape index (κ3) is 3.08. The summed E-state index contributed by atoms with van der Waals surface area (Å²) in [6.45, 7) is 2.16. The highest BCUT2D eigenvalue weighted by Crippen LogP contribution is 2.44. The molecule has 1 aliphatic rings. The molecule has 12 heavy (non-hydrogen) atoms. The molecule has 1 rings (SSSR count). The number of hydrogen-bond acceptors (Lipinski definition) is 0. The summed E-state index contributed by atoms with van der Waals surface area (Å²) in [5.41, 5.74) is 0. The number of hydrogen-bond donors (Lipinski definition) is 0. The van der Waals surface area contributed by atoms with Crippen molar-refractivity contribution in [1.82, 2.24) is 0 Å². The van der Waals surface area contributed by atoms with Gasteiger partial charge in [0.25, 0.3) is 0 Å². The maximum Gasteiger partial charge on any atom is 0.248 e. The molecule has 1 fully saturated rings. The molecule has 0 unspecified atom stereocenters. The average Bonchev–Trinajstić information content (AvgIpc) is 1.94. The molecular weight excluding hydrogens is 158 g/mol. The van der Waals surface area contributed by atoms with Crippen LogP contribution in [-0.2, 0) is 0 Å². The first kappa shape index (κ1) is 9.94. The van der Waals surface area contributed by atoms with Crippen LogP contribution in [0.4, 0.5) is 8.78 Å². The van der Waals surface area contributed by atoms with Gasteiger partial charge in [0.15, 0.2) is 0 Å². The van der Waals surface area contributed by atoms with Crippen molar-refractivity contribution in [3.63, 3.8) is 0 Å². The van der Waals surface area contributed by atoms with Gasteiger partial charge in [-0.1, -0.05) is 39.0 Å². The van der Waals surface area contributed by atoms with E-state index in [2.05, 4.69) is 6.92 Å². The number of rotatable bonds is 5. The summed E-state index contributed by atoms with van der Waals surface area (Å²) in [7, 11) is 0. The molecule has 2 heteroatoms. The first-order chi connectivity index (χ1) is 5.64. The van der Waals surface area contributed by atoms with Crippen LogP contribution in [0.3, 0.4) is 0 Å². The van der Waals surface area contributed by atoms with Crippen molar-refractivity contribution in [1.29, 1.82) is 0 Å². The van der Waals surface area contributed by atoms with Gasteiger partial charge in [-0.25, -0.2) is 8.78 Å². The second kappa shape index (κ2) is 4.20. The highest BCUT2D eigenvalue weighted by molar-refractivity contribution is 4.85. The van der Waals surface area contributed by atoms with Gasteiger partial charge < -0.3 is 0 Å². The maximum atomic E-state index is 12.4. The molecule has 1 saturated carbocycles. The molecular formula is C10H18F2. The van der Waals surface area contributed by atoms with E-state index in [9.17, 15) is 8.78 Å². The summed E-state index contributed by atoms with van der Waals surface area (Å²) in [6, 6.07) is 0. The molecule has 0 bridgehead atoms. The van der Waals surface area contributed by atoms with Crippen molar-refractivity contribution in [2.75, 3.05) is 0 Å². The highest BCUT2D eigenvalue weighted by atomic mass is 19.3. The summed E-state index contributed by atoms with van der Waals surface area (Å²) < 4.78 is 24.7. The lowest BCUT2D eigenvalue weighted by Crippen LogP contribution is -2.35. The van der Waals surface area contributed by atoms with E-state index in [1.165, 1.54) is 19.3 Å². The van der Waals surface area contributed by atoms with Crippen LogP contribution in [0, 0.1) is 5.92 Å². The summed E-state index contributed by atoms with van der Waals surface area (Å²) in [6.07, 6.45) is 6.17. The van der Waals surface area contributed by atoms with Crippen molar-refractivity contribution in [2.45, 2.75) is 57.8 Å². The minimum Gasteiger partial charge on any atom is -0.207 e. The first-order valence-electron chi connectivity index (χ1n) is 5.02. The minimum absolute atomic E-state index is 0.152. The Balaban J connectivity index is 1.90. The van der Waals surface area contributed by atoms with E-state index in [-0.39, 0.29) is 12.8 Å². The lowest BCUT2D eigenvalue weighted by Gasteiger charge is -2.34. The summed E-state index contributed by atoms with van der Waals surface area (Å²) in [5.74, 6) is -1.98. The van der Waals surface area contributed by atoms with Gasteiger partial charge in [0.05, 0.1) is 0 Å². The molecule has 1 aliphatic carbocycles. The fraction of sp³-hybridized carbons (Fsp3) is 1.00. The summed E-state index contributed by atoms with van der Waals surface area (Å²) >= 11 is 0. The maximum absolute atomic E-state index is 12.4. The molecule has 0 spiro atoms. The molecule has 0 radical (unpaired) electrons. The average molecular weight is 176 g/mol. The van der Waals surface area contributed by atoms with Crippen molar-refractivity contribution >= 4 is 0 Å². The topological polar surface area (TPSA) is 0 Å². The monoisotopic (exact) mass is 176 g/mol. The Morgan fingerprint density at radius 3 is 2.33 bits per heavy atom. The van der Waals surface area contributed by atoms with Gasteiger partial charge in [-0.2, -0.15) is 0 Å². The molecule has 0 aliphatic heterocycles. The third-order valence-electron chi connectivity index (χ3n) is 2.64. The zero-order valence-corrected chi connectivity index (χ0v) is 7.78. The van der Waals surface area contributed by atoms with E-state index in [4.69, 9.17) is 0 Å². The Hall–Kier alpha value is -0.140. The molecule has 0 atom stereocenters. The largest absolute Gasteiger partial charge is 0.248 e. The first-order valence-corrected chi connectivity index (χ1v) is 5.02. The molecule has 0 nitrogen and oxygen atoms in total. The van der Waals surface area contributed by atoms with Gasteiger partial charge in [-0.05, 0) is 5.92 Å². The van der Waals surface area contributed by atoms with E-state index in [1.54, 1.807) is 0 Å². The van der Waals surface area contributed by atoms with Crippen LogP contribution in [-0.4, -0.2) is 5.92 Å². The van der Waals surface area contributed by atoms with Crippen molar-refractivity contribution < 1.29 is 8.78 Å². The molecule has 0 N–H and O–H groups in total. The van der Waals surface area contributed by atoms with Gasteiger partial charge in [-0.3, -0.25) is 0 Å². The van der Waals surface area contributed by atoms with E-state index in [1.807, 2.05) is 0 Å². The molecule has 72 valence electrons. The fourth-order valence-electron chi connectivity index (χ4n) is 1.85. The molecule has 0 amide bonds. The van der Waals surface area contributed by atoms with Crippen molar-refractivity contribution in [2.24, 2.45) is 5.92 Å². The summed E-state index contributed by atoms with van der Waals surface area (Å²) in [4.78, 5) is 0. The second-order valence-electron chi connectivity index (χ2n) is 3.98. The Morgan fingerprint density at radius 1 is 1.17 bits per heavy atom. The quantitative estimate of drug-likeness (QED) is 0.555. The van der Waals surface area contributed by atoms with E-state index < -0.39 is 5.92 Å². The zero-order chi connectivity index (χ0) is 9.03. The number of unbranched alkanes of at least 4 members (excludes halogenated alkanes) is 3. The Bertz CT molecular complexity index is 124. The van der Waals surface area contributed by atoms with Gasteiger partial charge in [0.2, 0.25) is 5.92 Å². The smallest absolute Gasteiger partial charge is 0.207 e. The standard InChI is InChI=1S/C10H18F2/c1-2-3-4-5-6-9-7-10(11,12)8-9/h9H,2-8H2,1H3. The predicted molar refractivity (Wildman–Crippen MR) is 46.4 cm³/mol. The molecule has 0 saturated heterocycles. The van der Waals surface area contributed by atoms with Crippen LogP contribution in [0.1, 0.15) is 51.9 Å². The van der Waals surface area contributed by atoms with Crippen LogP contribution in [0.25, 0.3) is 0 Å². The second-order valence-corrected chi connectivity index (χ2v) is 3.98. The molecule has 0 aromatic heterocycles. The Kier molecular flexibility index (Phi) is 3.48. The van der Waals surface area contributed by atoms with Crippen LogP contribution in [0.2, 0.25) is 0 Å². The van der Waals surface area contributed by atoms with E-state index in [0.717, 1.165) is 12.8 Å². The van der Waals surface area contributed by atoms with Gasteiger partial charge in [-0.15, -0.1) is 0 Å². The van der Waals surface area contributed by atoms with Crippen molar-refractivity contribution in [3.8, 4) is 0 Å². The third-order valence-corrected chi connectivity index (χ3v) is 2.64. The minimum atomic E-state index is -2.31. The lowest BCUT2D eigenvalue weighted by atomic mass is 9.78. The van der Waals surface area contributed by atoms with Gasteiger partial charge >= 0.3 is 0 Å². The van der Waals surface area contributed by atoms with Crippen LogP contribution >= 0.6 is 0 Å². The zero-order valence-electron chi connectivity index (χ0n) is 7.78. The van der Waals surface area contributed by atoms with E-state index >= 15 is 0 Å². The Labute approximate surface area is 73.3 Å². The fourth-order valence-corrected chi connectivity index (χ4v) is 1.85. The van der Waals surface area contributed by atoms with Crippen LogP contribution < -0.4 is 0 Å². The molecule has 0 heterocycles. The molecule has 0 aromatic carbocycles. The van der Waals surface area contributed by atoms with Crippen molar-refractivity contribution in [3.05, 3.63) is 0 Å². The van der Waals surface area contributed by atoms with Gasteiger partial charge in [0.1, 0.15) is 0 Å². The SMILES string of the molecule is CCCCCCC1CC(F)(F)C1. The van der Waals surface area contributed by atoms with Gasteiger partial charge in [0, 0.05) is 12.8 Å². The van der Waals surface area contributed by atoms with Crippen LogP contribution in [0.5, 0.6) is 0 Å². The summed E-state index contributed by atoms with van der Waals surface area (Å²) in [5, 5.41) is 0. The molecule has 0 aromatic rings. The van der Waals surface area contributed by atoms with E-state index in [0.29, 0.717) is 5.92 Å². The van der Waals surface area contributed by atoms with Crippen LogP contribution in [0.15, 0.2) is 0 Å². The highest BCUT2D eigenvalue weighted by Gasteiger charge is 2.44. The number of alkyl halides is 2.